The molecule has 1 aromatic carbocycles. The maximum Gasteiger partial charge on any atom is 0.410 e. The highest BCUT2D eigenvalue weighted by molar-refractivity contribution is 6.30. The lowest BCUT2D eigenvalue weighted by Gasteiger charge is -2.34. The Labute approximate surface area is 168 Å². The number of halogens is 1. The van der Waals surface area contributed by atoms with Gasteiger partial charge in [0.2, 0.25) is 0 Å². The second-order valence-corrected chi connectivity index (χ2v) is 7.20. The highest BCUT2D eigenvalue weighted by atomic mass is 35.5. The second-order valence-electron chi connectivity index (χ2n) is 6.77. The van der Waals surface area contributed by atoms with Crippen molar-refractivity contribution >= 4 is 17.7 Å². The van der Waals surface area contributed by atoms with Crippen LogP contribution in [-0.4, -0.2) is 46.3 Å². The average Bonchev–Trinajstić information content (AvgIpc) is 2.70. The van der Waals surface area contributed by atoms with Crippen LogP contribution in [0.4, 0.5) is 4.79 Å². The maximum atomic E-state index is 12.4. The van der Waals surface area contributed by atoms with E-state index in [4.69, 9.17) is 16.3 Å². The standard InChI is InChI=1S/C20H24ClN3O4/c1-2-17-11-22-7-9-24(17)20(27)28-13-15-6-8-23(19(26)18(15)25)12-14-4-3-5-16(21)10-14/h3-6,8,10,17,22,25H,2,7,9,11-13H2,1H3. The van der Waals surface area contributed by atoms with Gasteiger partial charge in [0, 0.05) is 42.5 Å². The predicted molar refractivity (Wildman–Crippen MR) is 107 cm³/mol. The molecule has 0 aliphatic carbocycles. The molecule has 0 spiro atoms. The molecule has 0 radical (unpaired) electrons. The first-order chi connectivity index (χ1) is 13.5. The molecule has 2 aromatic rings. The van der Waals surface area contributed by atoms with Crippen LogP contribution in [-0.2, 0) is 17.9 Å². The summed E-state index contributed by atoms with van der Waals surface area (Å²) >= 11 is 5.97. The minimum absolute atomic E-state index is 0.0838. The van der Waals surface area contributed by atoms with Crippen LogP contribution in [0, 0.1) is 0 Å². The quantitative estimate of drug-likeness (QED) is 0.798. The number of carbonyl (C=O) groups is 1. The summed E-state index contributed by atoms with van der Waals surface area (Å²) in [5.74, 6) is -0.412. The molecule has 1 unspecified atom stereocenters. The number of hydrogen-bond donors (Lipinski definition) is 2. The van der Waals surface area contributed by atoms with Gasteiger partial charge in [0.15, 0.2) is 5.75 Å². The number of pyridine rings is 1. The minimum Gasteiger partial charge on any atom is -0.503 e. The summed E-state index contributed by atoms with van der Waals surface area (Å²) in [4.78, 5) is 26.5. The zero-order valence-corrected chi connectivity index (χ0v) is 16.5. The Hall–Kier alpha value is -2.51. The number of benzene rings is 1. The molecule has 1 fully saturated rings. The molecule has 7 nitrogen and oxygen atoms in total. The van der Waals surface area contributed by atoms with Crippen LogP contribution in [0.5, 0.6) is 5.75 Å². The van der Waals surface area contributed by atoms with Gasteiger partial charge in [-0.2, -0.15) is 0 Å². The zero-order valence-electron chi connectivity index (χ0n) is 15.7. The van der Waals surface area contributed by atoms with Crippen molar-refractivity contribution in [2.24, 2.45) is 0 Å². The first-order valence-corrected chi connectivity index (χ1v) is 9.67. The summed E-state index contributed by atoms with van der Waals surface area (Å²) in [7, 11) is 0. The number of aromatic hydroxyl groups is 1. The van der Waals surface area contributed by atoms with E-state index < -0.39 is 17.4 Å². The van der Waals surface area contributed by atoms with E-state index in [0.717, 1.165) is 25.1 Å². The van der Waals surface area contributed by atoms with Gasteiger partial charge in [-0.1, -0.05) is 30.7 Å². The van der Waals surface area contributed by atoms with Crippen LogP contribution in [0.15, 0.2) is 41.3 Å². The van der Waals surface area contributed by atoms with Gasteiger partial charge in [0.1, 0.15) is 6.61 Å². The highest BCUT2D eigenvalue weighted by Gasteiger charge is 2.26. The highest BCUT2D eigenvalue weighted by Crippen LogP contribution is 2.16. The summed E-state index contributed by atoms with van der Waals surface area (Å²) in [5.41, 5.74) is 0.587. The normalized spacial score (nSPS) is 16.8. The van der Waals surface area contributed by atoms with E-state index in [1.165, 1.54) is 4.57 Å². The van der Waals surface area contributed by atoms with Crippen molar-refractivity contribution in [2.75, 3.05) is 19.6 Å². The lowest BCUT2D eigenvalue weighted by atomic mass is 10.1. The Morgan fingerprint density at radius 1 is 1.39 bits per heavy atom. The van der Waals surface area contributed by atoms with Gasteiger partial charge in [0.25, 0.3) is 5.56 Å². The van der Waals surface area contributed by atoms with E-state index in [1.54, 1.807) is 35.4 Å². The van der Waals surface area contributed by atoms with E-state index in [0.29, 0.717) is 11.6 Å². The van der Waals surface area contributed by atoms with Crippen LogP contribution < -0.4 is 10.9 Å². The number of aromatic nitrogens is 1. The van der Waals surface area contributed by atoms with Gasteiger partial charge in [-0.05, 0) is 30.2 Å². The molecule has 1 aromatic heterocycles. The second kappa shape index (κ2) is 9.12. The van der Waals surface area contributed by atoms with Gasteiger partial charge >= 0.3 is 6.09 Å². The summed E-state index contributed by atoms with van der Waals surface area (Å²) in [6, 6.07) is 8.84. The fourth-order valence-corrected chi connectivity index (χ4v) is 3.47. The molecule has 1 aliphatic heterocycles. The van der Waals surface area contributed by atoms with E-state index in [9.17, 15) is 14.7 Å². The fraction of sp³-hybridized carbons (Fsp3) is 0.400. The van der Waals surface area contributed by atoms with Crippen molar-refractivity contribution in [3.05, 3.63) is 63.0 Å². The Balaban J connectivity index is 1.67. The van der Waals surface area contributed by atoms with E-state index in [-0.39, 0.29) is 24.8 Å². The Bertz CT molecular complexity index is 899. The molecule has 1 amide bonds. The molecule has 1 atom stereocenters. The molecule has 28 heavy (non-hydrogen) atoms. The van der Waals surface area contributed by atoms with E-state index in [2.05, 4.69) is 5.32 Å². The monoisotopic (exact) mass is 405 g/mol. The van der Waals surface area contributed by atoms with Crippen molar-refractivity contribution in [1.82, 2.24) is 14.8 Å². The smallest absolute Gasteiger partial charge is 0.410 e. The van der Waals surface area contributed by atoms with Crippen molar-refractivity contribution in [2.45, 2.75) is 32.5 Å². The molecule has 1 aliphatic rings. The van der Waals surface area contributed by atoms with Crippen molar-refractivity contribution in [1.29, 1.82) is 0 Å². The van der Waals surface area contributed by atoms with Crippen LogP contribution in [0.1, 0.15) is 24.5 Å². The molecular weight excluding hydrogens is 382 g/mol. The zero-order chi connectivity index (χ0) is 20.1. The molecule has 1 saturated heterocycles. The molecule has 0 bridgehead atoms. The number of nitrogens with one attached hydrogen (secondary N) is 1. The van der Waals surface area contributed by atoms with Gasteiger partial charge in [-0.3, -0.25) is 4.79 Å². The lowest BCUT2D eigenvalue weighted by Crippen LogP contribution is -2.53. The SMILES string of the molecule is CCC1CNCCN1C(=O)OCc1ccn(Cc2cccc(Cl)c2)c(=O)c1O. The first-order valence-electron chi connectivity index (χ1n) is 9.29. The lowest BCUT2D eigenvalue weighted by molar-refractivity contribution is 0.0708. The summed E-state index contributed by atoms with van der Waals surface area (Å²) in [6.45, 7) is 4.17. The maximum absolute atomic E-state index is 12.4. The molecular formula is C20H24ClN3O4. The molecule has 0 saturated carbocycles. The van der Waals surface area contributed by atoms with Crippen LogP contribution in [0.3, 0.4) is 0 Å². The number of hydrogen-bond acceptors (Lipinski definition) is 5. The van der Waals surface area contributed by atoms with Gasteiger partial charge < -0.3 is 24.6 Å². The van der Waals surface area contributed by atoms with Crippen LogP contribution in [0.2, 0.25) is 5.02 Å². The number of amides is 1. The van der Waals surface area contributed by atoms with Gasteiger partial charge in [-0.25, -0.2) is 4.79 Å². The molecule has 8 heteroatoms. The largest absolute Gasteiger partial charge is 0.503 e. The van der Waals surface area contributed by atoms with E-state index in [1.807, 2.05) is 13.0 Å². The predicted octanol–water partition coefficient (Wildman–Crippen LogP) is 2.58. The van der Waals surface area contributed by atoms with Crippen LogP contribution in [0.25, 0.3) is 0 Å². The Kier molecular flexibility index (Phi) is 6.59. The van der Waals surface area contributed by atoms with Crippen LogP contribution >= 0.6 is 11.6 Å². The number of carbonyl (C=O) groups excluding carboxylic acids is 1. The third-order valence-electron chi connectivity index (χ3n) is 4.87. The topological polar surface area (TPSA) is 83.8 Å². The van der Waals surface area contributed by atoms with Gasteiger partial charge in [0.05, 0.1) is 6.54 Å². The number of piperazine rings is 1. The summed E-state index contributed by atoms with van der Waals surface area (Å²) in [6.07, 6.45) is 1.97. The number of rotatable bonds is 5. The third kappa shape index (κ3) is 4.66. The van der Waals surface area contributed by atoms with Crippen molar-refractivity contribution in [3.8, 4) is 5.75 Å². The van der Waals surface area contributed by atoms with Crippen molar-refractivity contribution < 1.29 is 14.6 Å². The summed E-state index contributed by atoms with van der Waals surface area (Å²) < 4.78 is 6.73. The number of ether oxygens (including phenoxy) is 1. The molecule has 3 rings (SSSR count). The average molecular weight is 406 g/mol. The molecule has 150 valence electrons. The molecule has 2 N–H and O–H groups in total. The van der Waals surface area contributed by atoms with Crippen molar-refractivity contribution in [3.63, 3.8) is 0 Å². The third-order valence-corrected chi connectivity index (χ3v) is 5.11. The fourth-order valence-electron chi connectivity index (χ4n) is 3.26. The minimum atomic E-state index is -0.540. The van der Waals surface area contributed by atoms with E-state index >= 15 is 0 Å². The first kappa shape index (κ1) is 20.2. The Morgan fingerprint density at radius 2 is 2.21 bits per heavy atom. The summed E-state index contributed by atoms with van der Waals surface area (Å²) in [5, 5.41) is 14.1. The van der Waals surface area contributed by atoms with Gasteiger partial charge in [-0.15, -0.1) is 0 Å². The number of nitrogens with zero attached hydrogens (tertiary/aromatic N) is 2. The Morgan fingerprint density at radius 3 is 2.96 bits per heavy atom. The molecule has 2 heterocycles.